The molecule has 3 fully saturated rings. The van der Waals surface area contributed by atoms with E-state index in [2.05, 4.69) is 25.8 Å². The lowest BCUT2D eigenvalue weighted by atomic mass is 10.00. The molecule has 2 aliphatic heterocycles. The van der Waals surface area contributed by atoms with Crippen LogP contribution < -0.4 is 4.90 Å². The molecule has 1 aromatic heterocycles. The molecule has 1 saturated carbocycles. The van der Waals surface area contributed by atoms with Gasteiger partial charge in [0.05, 0.1) is 6.10 Å². The Kier molecular flexibility index (Phi) is 2.81. The Morgan fingerprint density at radius 3 is 2.42 bits per heavy atom. The fourth-order valence-electron chi connectivity index (χ4n) is 3.60. The van der Waals surface area contributed by atoms with E-state index in [0.29, 0.717) is 18.0 Å². The first-order valence-electron chi connectivity index (χ1n) is 7.21. The van der Waals surface area contributed by atoms with Gasteiger partial charge in [0.25, 0.3) is 0 Å². The van der Waals surface area contributed by atoms with Gasteiger partial charge in [-0.25, -0.2) is 9.97 Å². The van der Waals surface area contributed by atoms with Crippen molar-refractivity contribution in [3.05, 3.63) is 16.5 Å². The van der Waals surface area contributed by atoms with Gasteiger partial charge in [0.15, 0.2) is 0 Å². The maximum Gasteiger partial charge on any atom is 0.135 e. The van der Waals surface area contributed by atoms with E-state index < -0.39 is 0 Å². The highest BCUT2D eigenvalue weighted by Crippen LogP contribution is 2.42. The zero-order valence-corrected chi connectivity index (χ0v) is 12.4. The number of anilines is 1. The van der Waals surface area contributed by atoms with E-state index in [0.717, 1.165) is 29.1 Å². The molecular formula is C14H18BrN3O. The van der Waals surface area contributed by atoms with Crippen molar-refractivity contribution in [1.29, 1.82) is 0 Å². The average Bonchev–Trinajstić information content (AvgIpc) is 3.15. The lowest BCUT2D eigenvalue weighted by Gasteiger charge is -2.38. The molecule has 2 bridgehead atoms. The van der Waals surface area contributed by atoms with Crippen molar-refractivity contribution >= 4 is 21.7 Å². The van der Waals surface area contributed by atoms with E-state index >= 15 is 0 Å². The number of piperidine rings is 1. The summed E-state index contributed by atoms with van der Waals surface area (Å²) in [5.41, 5.74) is 0. The highest BCUT2D eigenvalue weighted by Gasteiger charge is 2.41. The molecule has 2 saturated heterocycles. The third kappa shape index (κ3) is 2.17. The minimum Gasteiger partial charge on any atom is -0.393 e. The number of nitrogens with zero attached hydrogens (tertiary/aromatic N) is 3. The lowest BCUT2D eigenvalue weighted by molar-refractivity contribution is 0.126. The zero-order chi connectivity index (χ0) is 13.0. The molecule has 2 atom stereocenters. The van der Waals surface area contributed by atoms with Crippen LogP contribution in [0.15, 0.2) is 10.7 Å². The minimum absolute atomic E-state index is 0.123. The summed E-state index contributed by atoms with van der Waals surface area (Å²) in [5, 5.41) is 9.89. The molecule has 3 aliphatic rings. The number of hydrogen-bond acceptors (Lipinski definition) is 4. The van der Waals surface area contributed by atoms with Gasteiger partial charge in [0.2, 0.25) is 0 Å². The van der Waals surface area contributed by atoms with E-state index in [1.807, 2.05) is 6.07 Å². The van der Waals surface area contributed by atoms with E-state index in [1.165, 1.54) is 25.7 Å². The summed E-state index contributed by atoms with van der Waals surface area (Å²) in [7, 11) is 0. The van der Waals surface area contributed by atoms with Crippen molar-refractivity contribution in [1.82, 2.24) is 9.97 Å². The molecule has 0 aromatic carbocycles. The van der Waals surface area contributed by atoms with Gasteiger partial charge >= 0.3 is 0 Å². The minimum atomic E-state index is -0.123. The molecule has 5 heteroatoms. The van der Waals surface area contributed by atoms with Crippen LogP contribution in [0.5, 0.6) is 0 Å². The Hall–Kier alpha value is -0.680. The van der Waals surface area contributed by atoms with Gasteiger partial charge in [-0.1, -0.05) is 0 Å². The first-order valence-corrected chi connectivity index (χ1v) is 8.01. The van der Waals surface area contributed by atoms with Gasteiger partial charge in [-0.05, 0) is 54.5 Å². The molecule has 1 N–H and O–H groups in total. The Morgan fingerprint density at radius 1 is 1.11 bits per heavy atom. The first-order chi connectivity index (χ1) is 9.20. The molecule has 0 radical (unpaired) electrons. The molecule has 4 nitrogen and oxygen atoms in total. The second-order valence-corrected chi connectivity index (χ2v) is 6.91. The van der Waals surface area contributed by atoms with Gasteiger partial charge in [-0.2, -0.15) is 0 Å². The van der Waals surface area contributed by atoms with Crippen molar-refractivity contribution in [2.45, 2.75) is 62.6 Å². The van der Waals surface area contributed by atoms with Crippen LogP contribution in [0.1, 0.15) is 50.3 Å². The molecule has 2 unspecified atom stereocenters. The van der Waals surface area contributed by atoms with Crippen molar-refractivity contribution in [2.24, 2.45) is 0 Å². The number of fused-ring (bicyclic) bond motifs is 2. The van der Waals surface area contributed by atoms with Gasteiger partial charge in [-0.15, -0.1) is 0 Å². The Labute approximate surface area is 121 Å². The number of aliphatic hydroxyl groups is 1. The standard InChI is InChI=1S/C14H18BrN3O/c15-12-7-13(17-14(16-12)8-1-2-8)18-9-3-4-10(18)6-11(19)5-9/h7-11,19H,1-6H2. The van der Waals surface area contributed by atoms with Crippen molar-refractivity contribution < 1.29 is 5.11 Å². The molecule has 0 spiro atoms. The molecule has 102 valence electrons. The largest absolute Gasteiger partial charge is 0.393 e. The summed E-state index contributed by atoms with van der Waals surface area (Å²) in [6.07, 6.45) is 6.46. The van der Waals surface area contributed by atoms with Crippen LogP contribution in [0.25, 0.3) is 0 Å². The lowest BCUT2D eigenvalue weighted by Crippen LogP contribution is -2.45. The number of hydrogen-bond donors (Lipinski definition) is 1. The van der Waals surface area contributed by atoms with Gasteiger partial charge in [0, 0.05) is 24.1 Å². The third-order valence-electron chi connectivity index (χ3n) is 4.61. The summed E-state index contributed by atoms with van der Waals surface area (Å²) in [6.45, 7) is 0. The van der Waals surface area contributed by atoms with Crippen LogP contribution in [0.3, 0.4) is 0 Å². The highest BCUT2D eigenvalue weighted by molar-refractivity contribution is 9.10. The molecule has 3 heterocycles. The van der Waals surface area contributed by atoms with Crippen LogP contribution in [-0.2, 0) is 0 Å². The quantitative estimate of drug-likeness (QED) is 0.850. The maximum atomic E-state index is 9.89. The summed E-state index contributed by atoms with van der Waals surface area (Å²) in [6, 6.07) is 2.96. The highest BCUT2D eigenvalue weighted by atomic mass is 79.9. The zero-order valence-electron chi connectivity index (χ0n) is 10.8. The molecule has 19 heavy (non-hydrogen) atoms. The molecular weight excluding hydrogens is 306 g/mol. The van der Waals surface area contributed by atoms with E-state index in [1.54, 1.807) is 0 Å². The van der Waals surface area contributed by atoms with Crippen molar-refractivity contribution in [3.63, 3.8) is 0 Å². The Morgan fingerprint density at radius 2 is 1.79 bits per heavy atom. The number of rotatable bonds is 2. The van der Waals surface area contributed by atoms with E-state index in [-0.39, 0.29) is 6.10 Å². The van der Waals surface area contributed by atoms with Crippen molar-refractivity contribution in [3.8, 4) is 0 Å². The van der Waals surface area contributed by atoms with E-state index in [4.69, 9.17) is 4.98 Å². The summed E-state index contributed by atoms with van der Waals surface area (Å²) >= 11 is 3.52. The molecule has 1 aliphatic carbocycles. The van der Waals surface area contributed by atoms with Gasteiger partial charge in [0.1, 0.15) is 16.2 Å². The first kappa shape index (κ1) is 12.1. The predicted molar refractivity (Wildman–Crippen MR) is 76.2 cm³/mol. The SMILES string of the molecule is OC1CC2CCC(C1)N2c1cc(Br)nc(C2CC2)n1. The normalized spacial score (nSPS) is 33.8. The van der Waals surface area contributed by atoms with Crippen LogP contribution in [-0.4, -0.2) is 33.3 Å². The second kappa shape index (κ2) is 4.42. The van der Waals surface area contributed by atoms with Crippen LogP contribution >= 0.6 is 15.9 Å². The summed E-state index contributed by atoms with van der Waals surface area (Å²) in [4.78, 5) is 11.7. The summed E-state index contributed by atoms with van der Waals surface area (Å²) < 4.78 is 0.893. The fraction of sp³-hybridized carbons (Fsp3) is 0.714. The van der Waals surface area contributed by atoms with Crippen LogP contribution in [0.4, 0.5) is 5.82 Å². The number of halogens is 1. The van der Waals surface area contributed by atoms with E-state index in [9.17, 15) is 5.11 Å². The topological polar surface area (TPSA) is 49.2 Å². The third-order valence-corrected chi connectivity index (χ3v) is 5.02. The predicted octanol–water partition coefficient (Wildman–Crippen LogP) is 2.61. The van der Waals surface area contributed by atoms with Crippen molar-refractivity contribution in [2.75, 3.05) is 4.90 Å². The monoisotopic (exact) mass is 323 g/mol. The number of aliphatic hydroxyl groups excluding tert-OH is 1. The number of aromatic nitrogens is 2. The molecule has 0 amide bonds. The molecule has 1 aromatic rings. The average molecular weight is 324 g/mol. The Balaban J connectivity index is 1.68. The smallest absolute Gasteiger partial charge is 0.135 e. The Bertz CT molecular complexity index is 491. The van der Waals surface area contributed by atoms with Gasteiger partial charge < -0.3 is 10.0 Å². The maximum absolute atomic E-state index is 9.89. The molecule has 4 rings (SSSR count). The fourth-order valence-corrected chi connectivity index (χ4v) is 3.99. The van der Waals surface area contributed by atoms with Crippen LogP contribution in [0, 0.1) is 0 Å². The van der Waals surface area contributed by atoms with Crippen LogP contribution in [0.2, 0.25) is 0 Å². The van der Waals surface area contributed by atoms with Gasteiger partial charge in [-0.3, -0.25) is 0 Å². The second-order valence-electron chi connectivity index (χ2n) is 6.10. The summed E-state index contributed by atoms with van der Waals surface area (Å²) in [5.74, 6) is 2.63.